The van der Waals surface area contributed by atoms with Crippen molar-refractivity contribution < 1.29 is 4.74 Å². The molecule has 2 rings (SSSR count). The first-order valence-electron chi connectivity index (χ1n) is 5.78. The Balaban J connectivity index is 1.90. The molecule has 1 aromatic rings. The van der Waals surface area contributed by atoms with Crippen LogP contribution in [0.25, 0.3) is 0 Å². The van der Waals surface area contributed by atoms with E-state index in [9.17, 15) is 0 Å². The van der Waals surface area contributed by atoms with Crippen molar-refractivity contribution in [3.63, 3.8) is 0 Å². The summed E-state index contributed by atoms with van der Waals surface area (Å²) in [5, 5.41) is 0. The molecule has 16 heavy (non-hydrogen) atoms. The highest BCUT2D eigenvalue weighted by molar-refractivity contribution is 7.99. The Kier molecular flexibility index (Phi) is 4.27. The van der Waals surface area contributed by atoms with Crippen molar-refractivity contribution in [1.82, 2.24) is 0 Å². The standard InChI is InChI=1S/C13H19NOS/c1-15-8-12(14)9-16-13-6-5-10-3-2-4-11(10)7-13/h5-7,12H,2-4,8-9,14H2,1H3. The fourth-order valence-electron chi connectivity index (χ4n) is 2.10. The average molecular weight is 237 g/mol. The summed E-state index contributed by atoms with van der Waals surface area (Å²) >= 11 is 1.83. The third-order valence-electron chi connectivity index (χ3n) is 2.91. The molecule has 0 bridgehead atoms. The third-order valence-corrected chi connectivity index (χ3v) is 4.10. The summed E-state index contributed by atoms with van der Waals surface area (Å²) in [5.41, 5.74) is 8.96. The molecule has 2 N–H and O–H groups in total. The molecule has 0 spiro atoms. The lowest BCUT2D eigenvalue weighted by Crippen LogP contribution is -2.28. The highest BCUT2D eigenvalue weighted by Crippen LogP contribution is 2.27. The topological polar surface area (TPSA) is 35.2 Å². The maximum Gasteiger partial charge on any atom is 0.0621 e. The summed E-state index contributed by atoms with van der Waals surface area (Å²) in [7, 11) is 1.69. The molecule has 0 saturated carbocycles. The van der Waals surface area contributed by atoms with Gasteiger partial charge in [0.15, 0.2) is 0 Å². The Hall–Kier alpha value is -0.510. The number of benzene rings is 1. The van der Waals surface area contributed by atoms with Crippen LogP contribution in [-0.4, -0.2) is 25.5 Å². The van der Waals surface area contributed by atoms with Crippen molar-refractivity contribution >= 4 is 11.8 Å². The number of hydrogen-bond donors (Lipinski definition) is 1. The molecule has 1 aliphatic rings. The molecule has 0 radical (unpaired) electrons. The number of thioether (sulfide) groups is 1. The van der Waals surface area contributed by atoms with Crippen LogP contribution in [0.2, 0.25) is 0 Å². The Morgan fingerprint density at radius 1 is 1.38 bits per heavy atom. The molecule has 0 saturated heterocycles. The molecule has 1 aliphatic carbocycles. The SMILES string of the molecule is COCC(N)CSc1ccc2c(c1)CCC2. The molecule has 1 aromatic carbocycles. The van der Waals surface area contributed by atoms with E-state index >= 15 is 0 Å². The van der Waals surface area contributed by atoms with E-state index in [-0.39, 0.29) is 6.04 Å². The van der Waals surface area contributed by atoms with Gasteiger partial charge in [-0.2, -0.15) is 0 Å². The van der Waals surface area contributed by atoms with Crippen LogP contribution >= 0.6 is 11.8 Å². The highest BCUT2D eigenvalue weighted by atomic mass is 32.2. The van der Waals surface area contributed by atoms with Gasteiger partial charge in [-0.1, -0.05) is 6.07 Å². The predicted octanol–water partition coefficient (Wildman–Crippen LogP) is 2.24. The van der Waals surface area contributed by atoms with Gasteiger partial charge in [0.25, 0.3) is 0 Å². The Morgan fingerprint density at radius 3 is 3.00 bits per heavy atom. The van der Waals surface area contributed by atoms with E-state index in [1.54, 1.807) is 7.11 Å². The molecule has 2 nitrogen and oxygen atoms in total. The van der Waals surface area contributed by atoms with Crippen LogP contribution in [0.5, 0.6) is 0 Å². The molecular weight excluding hydrogens is 218 g/mol. The molecule has 1 atom stereocenters. The predicted molar refractivity (Wildman–Crippen MR) is 69.0 cm³/mol. The average Bonchev–Trinajstić information content (AvgIpc) is 2.74. The number of hydrogen-bond acceptors (Lipinski definition) is 3. The summed E-state index contributed by atoms with van der Waals surface area (Å²) in [4.78, 5) is 1.34. The van der Waals surface area contributed by atoms with Crippen LogP contribution in [0, 0.1) is 0 Å². The van der Waals surface area contributed by atoms with Gasteiger partial charge < -0.3 is 10.5 Å². The van der Waals surface area contributed by atoms with Gasteiger partial charge in [0.05, 0.1) is 6.61 Å². The van der Waals surface area contributed by atoms with Crippen LogP contribution < -0.4 is 5.73 Å². The summed E-state index contributed by atoms with van der Waals surface area (Å²) < 4.78 is 5.03. The molecular formula is C13H19NOS. The molecule has 0 aliphatic heterocycles. The van der Waals surface area contributed by atoms with Gasteiger partial charge in [0.2, 0.25) is 0 Å². The van der Waals surface area contributed by atoms with E-state index in [0.717, 1.165) is 5.75 Å². The first-order chi connectivity index (χ1) is 7.79. The lowest BCUT2D eigenvalue weighted by molar-refractivity contribution is 0.186. The van der Waals surface area contributed by atoms with E-state index < -0.39 is 0 Å². The summed E-state index contributed by atoms with van der Waals surface area (Å²) in [6.07, 6.45) is 3.81. The van der Waals surface area contributed by atoms with Gasteiger partial charge >= 0.3 is 0 Å². The van der Waals surface area contributed by atoms with Crippen LogP contribution in [-0.2, 0) is 17.6 Å². The van der Waals surface area contributed by atoms with Gasteiger partial charge in [-0.25, -0.2) is 0 Å². The Morgan fingerprint density at radius 2 is 2.19 bits per heavy atom. The second-order valence-corrected chi connectivity index (χ2v) is 5.40. The molecule has 0 fully saturated rings. The number of ether oxygens (including phenoxy) is 1. The van der Waals surface area contributed by atoms with E-state index in [1.807, 2.05) is 11.8 Å². The minimum absolute atomic E-state index is 0.128. The van der Waals surface area contributed by atoms with Gasteiger partial charge in [-0.3, -0.25) is 0 Å². The van der Waals surface area contributed by atoms with Crippen LogP contribution in [0.15, 0.2) is 23.1 Å². The number of aryl methyl sites for hydroxylation is 2. The van der Waals surface area contributed by atoms with Crippen LogP contribution in [0.4, 0.5) is 0 Å². The summed E-state index contributed by atoms with van der Waals surface area (Å²) in [6.45, 7) is 0.637. The number of nitrogens with two attached hydrogens (primary N) is 1. The minimum Gasteiger partial charge on any atom is -0.383 e. The fourth-order valence-corrected chi connectivity index (χ4v) is 3.00. The maximum atomic E-state index is 5.90. The number of rotatable bonds is 5. The lowest BCUT2D eigenvalue weighted by Gasteiger charge is -2.10. The van der Waals surface area contributed by atoms with Gasteiger partial charge in [0.1, 0.15) is 0 Å². The monoisotopic (exact) mass is 237 g/mol. The highest BCUT2D eigenvalue weighted by Gasteiger charge is 2.11. The Labute approximate surface area is 102 Å². The second kappa shape index (κ2) is 5.71. The van der Waals surface area contributed by atoms with Crippen LogP contribution in [0.3, 0.4) is 0 Å². The van der Waals surface area contributed by atoms with Crippen molar-refractivity contribution in [2.24, 2.45) is 5.73 Å². The quantitative estimate of drug-likeness (QED) is 0.798. The lowest BCUT2D eigenvalue weighted by atomic mass is 10.1. The number of methoxy groups -OCH3 is 1. The second-order valence-electron chi connectivity index (χ2n) is 4.31. The van der Waals surface area contributed by atoms with Gasteiger partial charge in [-0.15, -0.1) is 11.8 Å². The minimum atomic E-state index is 0.128. The largest absolute Gasteiger partial charge is 0.383 e. The Bertz CT molecular complexity index is 354. The first-order valence-corrected chi connectivity index (χ1v) is 6.77. The van der Waals surface area contributed by atoms with Crippen molar-refractivity contribution in [2.45, 2.75) is 30.2 Å². The van der Waals surface area contributed by atoms with Gasteiger partial charge in [0, 0.05) is 23.8 Å². The third kappa shape index (κ3) is 3.00. The van der Waals surface area contributed by atoms with Crippen molar-refractivity contribution in [1.29, 1.82) is 0 Å². The summed E-state index contributed by atoms with van der Waals surface area (Å²) in [6, 6.07) is 6.94. The van der Waals surface area contributed by atoms with Crippen LogP contribution in [0.1, 0.15) is 17.5 Å². The van der Waals surface area contributed by atoms with Crippen molar-refractivity contribution in [3.8, 4) is 0 Å². The van der Waals surface area contributed by atoms with E-state index in [4.69, 9.17) is 10.5 Å². The first kappa shape index (κ1) is 12.0. The van der Waals surface area contributed by atoms with E-state index in [1.165, 1.54) is 35.3 Å². The van der Waals surface area contributed by atoms with Crippen molar-refractivity contribution in [3.05, 3.63) is 29.3 Å². The zero-order valence-corrected chi connectivity index (χ0v) is 10.6. The smallest absolute Gasteiger partial charge is 0.0621 e. The zero-order valence-electron chi connectivity index (χ0n) is 9.74. The molecule has 88 valence electrons. The molecule has 0 amide bonds. The molecule has 3 heteroatoms. The molecule has 0 heterocycles. The molecule has 1 unspecified atom stereocenters. The summed E-state index contributed by atoms with van der Waals surface area (Å²) in [5.74, 6) is 0.923. The van der Waals surface area contributed by atoms with E-state index in [2.05, 4.69) is 18.2 Å². The molecule has 0 aromatic heterocycles. The number of fused-ring (bicyclic) bond motifs is 1. The van der Waals surface area contributed by atoms with Crippen molar-refractivity contribution in [2.75, 3.05) is 19.5 Å². The van der Waals surface area contributed by atoms with E-state index in [0.29, 0.717) is 6.61 Å². The van der Waals surface area contributed by atoms with Gasteiger partial charge in [-0.05, 0) is 42.5 Å². The fraction of sp³-hybridized carbons (Fsp3) is 0.538. The zero-order chi connectivity index (χ0) is 11.4. The maximum absolute atomic E-state index is 5.90. The normalized spacial score (nSPS) is 16.1.